The van der Waals surface area contributed by atoms with Gasteiger partial charge in [0.25, 0.3) is 0 Å². The average Bonchev–Trinajstić information content (AvgIpc) is 3.16. The molecule has 2 heterocycles. The molecule has 0 amide bonds. The quantitative estimate of drug-likeness (QED) is 0.494. The third kappa shape index (κ3) is 11.1. The molecule has 0 spiro atoms. The fourth-order valence-electron chi connectivity index (χ4n) is 3.55. The van der Waals surface area contributed by atoms with Gasteiger partial charge in [-0.2, -0.15) is 31.4 Å². The van der Waals surface area contributed by atoms with Crippen LogP contribution in [-0.2, 0) is 35.6 Å². The smallest absolute Gasteiger partial charge is 0.490 e. The summed E-state index contributed by atoms with van der Waals surface area (Å²) in [5.41, 5.74) is 5.44. The van der Waals surface area contributed by atoms with Gasteiger partial charge in [-0.1, -0.05) is 12.1 Å². The normalized spacial score (nSPS) is 13.7. The molecule has 15 heteroatoms. The number of carboxylic acid groups (broad SMARTS) is 2. The molecule has 0 unspecified atom stereocenters. The minimum atomic E-state index is -5.08. The van der Waals surface area contributed by atoms with Gasteiger partial charge in [0.2, 0.25) is 0 Å². The van der Waals surface area contributed by atoms with E-state index in [0.717, 1.165) is 38.3 Å². The summed E-state index contributed by atoms with van der Waals surface area (Å²) in [6.45, 7) is 8.38. The van der Waals surface area contributed by atoms with Crippen molar-refractivity contribution in [1.29, 1.82) is 0 Å². The van der Waals surface area contributed by atoms with Gasteiger partial charge in [0, 0.05) is 37.8 Å². The number of hydrogen-bond acceptors (Lipinski definition) is 6. The number of halogens is 6. The zero-order valence-electron chi connectivity index (χ0n) is 22.1. The van der Waals surface area contributed by atoms with Crippen LogP contribution in [-0.4, -0.2) is 81.8 Å². The number of hydrogen-bond donors (Lipinski definition) is 2. The van der Waals surface area contributed by atoms with Crippen LogP contribution in [0.2, 0.25) is 0 Å². The summed E-state index contributed by atoms with van der Waals surface area (Å²) >= 11 is 0. The van der Waals surface area contributed by atoms with Crippen molar-refractivity contribution in [1.82, 2.24) is 19.6 Å². The number of nitrogens with zero attached hydrogens (tertiary/aromatic N) is 4. The van der Waals surface area contributed by atoms with Gasteiger partial charge in [0.05, 0.1) is 18.5 Å². The number of methoxy groups -OCH3 is 1. The van der Waals surface area contributed by atoms with Crippen molar-refractivity contribution >= 4 is 11.9 Å². The predicted octanol–water partition coefficient (Wildman–Crippen LogP) is 4.36. The topological polar surface area (TPSA) is 108 Å². The molecule has 0 saturated heterocycles. The summed E-state index contributed by atoms with van der Waals surface area (Å²) in [6.07, 6.45) is -9.08. The maximum atomic E-state index is 10.6. The number of carboxylic acids is 2. The average molecular weight is 571 g/mol. The minimum Gasteiger partial charge on any atom is -0.497 e. The highest BCUT2D eigenvalue weighted by atomic mass is 19.4. The van der Waals surface area contributed by atoms with Gasteiger partial charge in [-0.3, -0.25) is 9.58 Å². The Morgan fingerprint density at radius 2 is 1.51 bits per heavy atom. The van der Waals surface area contributed by atoms with Crippen molar-refractivity contribution in [3.63, 3.8) is 0 Å². The molecule has 2 N–H and O–H groups in total. The summed E-state index contributed by atoms with van der Waals surface area (Å²) in [7, 11) is 5.93. The van der Waals surface area contributed by atoms with E-state index in [2.05, 4.69) is 54.6 Å². The molecular weight excluding hydrogens is 538 g/mol. The molecule has 0 aliphatic carbocycles. The van der Waals surface area contributed by atoms with Crippen molar-refractivity contribution in [3.05, 3.63) is 46.8 Å². The number of carbonyl (C=O) groups is 2. The molecular formula is C24H32F6N4O5. The lowest BCUT2D eigenvalue weighted by molar-refractivity contribution is -0.193. The molecule has 3 rings (SSSR count). The van der Waals surface area contributed by atoms with E-state index in [9.17, 15) is 26.3 Å². The lowest BCUT2D eigenvalue weighted by Gasteiger charge is -2.28. The third-order valence-electron chi connectivity index (χ3n) is 5.26. The third-order valence-corrected chi connectivity index (χ3v) is 5.26. The predicted molar refractivity (Wildman–Crippen MR) is 128 cm³/mol. The molecule has 39 heavy (non-hydrogen) atoms. The van der Waals surface area contributed by atoms with Gasteiger partial charge in [0.1, 0.15) is 5.75 Å². The summed E-state index contributed by atoms with van der Waals surface area (Å²) in [5, 5.41) is 19.2. The molecule has 0 saturated carbocycles. The van der Waals surface area contributed by atoms with E-state index in [1.165, 1.54) is 22.5 Å². The van der Waals surface area contributed by atoms with Crippen LogP contribution >= 0.6 is 0 Å². The summed E-state index contributed by atoms with van der Waals surface area (Å²) in [4.78, 5) is 22.5. The van der Waals surface area contributed by atoms with Crippen LogP contribution in [0.4, 0.5) is 26.3 Å². The van der Waals surface area contributed by atoms with Crippen molar-refractivity contribution < 1.29 is 50.9 Å². The molecule has 0 radical (unpaired) electrons. The number of alkyl halides is 6. The second-order valence-electron chi connectivity index (χ2n) is 9.06. The lowest BCUT2D eigenvalue weighted by atomic mass is 10.0. The number of ether oxygens (including phenoxy) is 1. The molecule has 1 aliphatic rings. The number of fused-ring (bicyclic) bond motifs is 1. The van der Waals surface area contributed by atoms with E-state index in [0.29, 0.717) is 6.04 Å². The van der Waals surface area contributed by atoms with Gasteiger partial charge < -0.3 is 19.8 Å². The fraction of sp³-hybridized carbons (Fsp3) is 0.542. The van der Waals surface area contributed by atoms with E-state index in [1.807, 2.05) is 12.1 Å². The first-order valence-electron chi connectivity index (χ1n) is 11.6. The van der Waals surface area contributed by atoms with Crippen LogP contribution in [0, 0.1) is 0 Å². The van der Waals surface area contributed by atoms with Gasteiger partial charge in [-0.25, -0.2) is 9.59 Å². The monoisotopic (exact) mass is 570 g/mol. The highest BCUT2D eigenvalue weighted by molar-refractivity contribution is 5.73. The Bertz CT molecular complexity index is 1060. The standard InChI is InChI=1S/C20H30N4O.2C2HF3O2/c1-15(2)24-20-14-23(12-16-6-8-17(25-5)9-7-16)11-10-18(20)19(21-24)13-22(3)4;2*3-2(4,5)1(6)7/h6-9,15H,10-14H2,1-5H3;2*(H,6,7). The van der Waals surface area contributed by atoms with E-state index >= 15 is 0 Å². The molecule has 1 aromatic heterocycles. The largest absolute Gasteiger partial charge is 0.497 e. The second-order valence-corrected chi connectivity index (χ2v) is 9.06. The first kappa shape index (κ1) is 33.7. The van der Waals surface area contributed by atoms with E-state index < -0.39 is 24.3 Å². The van der Waals surface area contributed by atoms with E-state index in [4.69, 9.17) is 29.6 Å². The highest BCUT2D eigenvalue weighted by Crippen LogP contribution is 2.27. The first-order chi connectivity index (χ1) is 17.9. The fourth-order valence-corrected chi connectivity index (χ4v) is 3.55. The lowest BCUT2D eigenvalue weighted by Crippen LogP contribution is -2.31. The Morgan fingerprint density at radius 1 is 1.03 bits per heavy atom. The van der Waals surface area contributed by atoms with Crippen LogP contribution in [0.3, 0.4) is 0 Å². The van der Waals surface area contributed by atoms with Gasteiger partial charge in [-0.15, -0.1) is 0 Å². The Hall–Kier alpha value is -3.33. The zero-order valence-corrected chi connectivity index (χ0v) is 22.1. The molecule has 0 atom stereocenters. The Labute approximate surface area is 221 Å². The van der Waals surface area contributed by atoms with Crippen LogP contribution in [0.15, 0.2) is 24.3 Å². The minimum absolute atomic E-state index is 0.394. The van der Waals surface area contributed by atoms with Crippen LogP contribution in [0.1, 0.15) is 42.4 Å². The maximum Gasteiger partial charge on any atom is 0.490 e. The number of aromatic nitrogens is 2. The van der Waals surface area contributed by atoms with Crippen molar-refractivity contribution in [2.45, 2.75) is 58.3 Å². The molecule has 9 nitrogen and oxygen atoms in total. The number of aliphatic carboxylic acids is 2. The van der Waals surface area contributed by atoms with E-state index in [1.54, 1.807) is 7.11 Å². The van der Waals surface area contributed by atoms with Gasteiger partial charge in [-0.05, 0) is 52.1 Å². The van der Waals surface area contributed by atoms with E-state index in [-0.39, 0.29) is 0 Å². The van der Waals surface area contributed by atoms with Crippen LogP contribution < -0.4 is 4.74 Å². The Kier molecular flexibility index (Phi) is 12.2. The highest BCUT2D eigenvalue weighted by Gasteiger charge is 2.38. The van der Waals surface area contributed by atoms with Crippen LogP contribution in [0.25, 0.3) is 0 Å². The maximum absolute atomic E-state index is 10.6. The van der Waals surface area contributed by atoms with Crippen molar-refractivity contribution in [2.75, 3.05) is 27.7 Å². The molecule has 0 bridgehead atoms. The number of rotatable bonds is 6. The molecule has 220 valence electrons. The van der Waals surface area contributed by atoms with Crippen LogP contribution in [0.5, 0.6) is 5.75 Å². The Balaban J connectivity index is 0.000000449. The van der Waals surface area contributed by atoms with Gasteiger partial charge >= 0.3 is 24.3 Å². The zero-order chi connectivity index (χ0) is 30.1. The van der Waals surface area contributed by atoms with Gasteiger partial charge in [0.15, 0.2) is 0 Å². The summed E-state index contributed by atoms with van der Waals surface area (Å²) in [5.74, 6) is -4.60. The molecule has 1 aromatic carbocycles. The molecule has 2 aromatic rings. The summed E-state index contributed by atoms with van der Waals surface area (Å²) in [6, 6.07) is 8.79. The Morgan fingerprint density at radius 3 is 1.90 bits per heavy atom. The molecule has 1 aliphatic heterocycles. The molecule has 0 fully saturated rings. The SMILES string of the molecule is COc1ccc(CN2CCc3c(CN(C)C)nn(C(C)C)c3C2)cc1.O=C(O)C(F)(F)F.O=C(O)C(F)(F)F. The number of benzene rings is 1. The summed E-state index contributed by atoms with van der Waals surface area (Å²) < 4.78 is 71.0. The van der Waals surface area contributed by atoms with Crippen molar-refractivity contribution in [3.8, 4) is 5.75 Å². The first-order valence-corrected chi connectivity index (χ1v) is 11.6. The van der Waals surface area contributed by atoms with Crippen molar-refractivity contribution in [2.24, 2.45) is 0 Å². The second kappa shape index (κ2) is 14.2.